The third kappa shape index (κ3) is 2.37. The maximum atomic E-state index is 13.2. The normalized spacial score (nSPS) is 44.6. The lowest BCUT2D eigenvalue weighted by molar-refractivity contribution is -0.179. The number of hydrogen-bond acceptors (Lipinski definition) is 3. The van der Waals surface area contributed by atoms with Crippen LogP contribution in [0.25, 0.3) is 0 Å². The minimum Gasteiger partial charge on any atom is -0.481 e. The second-order valence-electron chi connectivity index (χ2n) is 10.7. The van der Waals surface area contributed by atoms with E-state index in [0.29, 0.717) is 31.5 Å². The molecule has 0 amide bonds. The summed E-state index contributed by atoms with van der Waals surface area (Å²) in [5.74, 6) is 0.747. The first-order chi connectivity index (χ1) is 13.8. The van der Waals surface area contributed by atoms with Gasteiger partial charge in [0.05, 0.1) is 18.1 Å². The summed E-state index contributed by atoms with van der Waals surface area (Å²) in [6.45, 7) is 9.86. The molecule has 160 valence electrons. The van der Waals surface area contributed by atoms with E-state index in [9.17, 15) is 15.2 Å². The Morgan fingerprint density at radius 1 is 1.34 bits per heavy atom. The van der Waals surface area contributed by atoms with Crippen molar-refractivity contribution >= 4 is 5.97 Å². The lowest BCUT2D eigenvalue weighted by Crippen LogP contribution is -2.62. The molecule has 0 saturated heterocycles. The van der Waals surface area contributed by atoms with Crippen LogP contribution in [0.15, 0.2) is 11.6 Å². The summed E-state index contributed by atoms with van der Waals surface area (Å²) in [6, 6.07) is 2.70. The highest BCUT2D eigenvalue weighted by Gasteiger charge is 2.84. The van der Waals surface area contributed by atoms with E-state index in [1.165, 1.54) is 0 Å². The molecular weight excluding hydrogens is 362 g/mol. The van der Waals surface area contributed by atoms with Gasteiger partial charge < -0.3 is 9.84 Å². The molecule has 3 fully saturated rings. The van der Waals surface area contributed by atoms with Crippen LogP contribution in [0.1, 0.15) is 72.6 Å². The van der Waals surface area contributed by atoms with Gasteiger partial charge in [-0.05, 0) is 55.3 Å². The molecule has 0 radical (unpaired) electrons. The van der Waals surface area contributed by atoms with E-state index in [1.807, 2.05) is 0 Å². The Bertz CT molecular complexity index is 752. The Balaban J connectivity index is 1.82. The first-order valence-corrected chi connectivity index (χ1v) is 11.8. The topological polar surface area (TPSA) is 70.3 Å². The number of fused-ring (bicyclic) bond motifs is 2. The molecule has 4 aliphatic carbocycles. The first-order valence-electron chi connectivity index (χ1n) is 11.8. The predicted molar refractivity (Wildman–Crippen MR) is 112 cm³/mol. The SMILES string of the molecule is CCCCCOC[C@]12C[C@H]3[C@@H](C)CC[C@@H]3[C@]3(C#N)C[C@H]1C=C(C(C)C)[C@]23C(=O)O. The zero-order valence-corrected chi connectivity index (χ0v) is 18.5. The third-order valence-electron chi connectivity index (χ3n) is 9.29. The van der Waals surface area contributed by atoms with Crippen molar-refractivity contribution in [2.45, 2.75) is 72.6 Å². The van der Waals surface area contributed by atoms with Crippen molar-refractivity contribution in [3.63, 3.8) is 0 Å². The summed E-state index contributed by atoms with van der Waals surface area (Å²) in [5.41, 5.74) is -1.31. The molecule has 1 N–H and O–H groups in total. The number of aliphatic carboxylic acids is 1. The van der Waals surface area contributed by atoms with Crippen molar-refractivity contribution in [2.24, 2.45) is 45.8 Å². The number of carboxylic acid groups (broad SMARTS) is 1. The van der Waals surface area contributed by atoms with Gasteiger partial charge in [-0.25, -0.2) is 0 Å². The number of unbranched alkanes of at least 4 members (excludes halogenated alkanes) is 2. The van der Waals surface area contributed by atoms with Crippen LogP contribution in [0.3, 0.4) is 0 Å². The van der Waals surface area contributed by atoms with Crippen LogP contribution in [-0.2, 0) is 9.53 Å². The van der Waals surface area contributed by atoms with Crippen molar-refractivity contribution in [3.8, 4) is 6.07 Å². The van der Waals surface area contributed by atoms with Crippen molar-refractivity contribution in [1.29, 1.82) is 5.26 Å². The number of nitriles is 1. The van der Waals surface area contributed by atoms with Crippen LogP contribution in [0.4, 0.5) is 0 Å². The fourth-order valence-electron chi connectivity index (χ4n) is 8.25. The molecule has 4 bridgehead atoms. The van der Waals surface area contributed by atoms with Crippen molar-refractivity contribution in [1.82, 2.24) is 0 Å². The molecule has 7 atom stereocenters. The summed E-state index contributed by atoms with van der Waals surface area (Å²) in [7, 11) is 0. The fraction of sp³-hybridized carbons (Fsp3) is 0.840. The van der Waals surface area contributed by atoms with Crippen LogP contribution in [0.2, 0.25) is 0 Å². The summed E-state index contributed by atoms with van der Waals surface area (Å²) in [4.78, 5) is 13.2. The van der Waals surface area contributed by atoms with Crippen molar-refractivity contribution < 1.29 is 14.6 Å². The molecule has 0 aromatic heterocycles. The van der Waals surface area contributed by atoms with Gasteiger partial charge in [0.1, 0.15) is 5.41 Å². The molecule has 0 aliphatic heterocycles. The smallest absolute Gasteiger partial charge is 0.316 e. The Hall–Kier alpha value is -1.34. The van der Waals surface area contributed by atoms with Gasteiger partial charge in [-0.15, -0.1) is 0 Å². The second kappa shape index (κ2) is 7.12. The van der Waals surface area contributed by atoms with Gasteiger partial charge in [0.2, 0.25) is 0 Å². The first kappa shape index (κ1) is 20.9. The molecule has 3 saturated carbocycles. The number of carboxylic acids is 1. The average Bonchev–Trinajstić information content (AvgIpc) is 3.25. The van der Waals surface area contributed by atoms with Gasteiger partial charge in [-0.2, -0.15) is 5.26 Å². The van der Waals surface area contributed by atoms with Gasteiger partial charge in [0.25, 0.3) is 0 Å². The number of rotatable bonds is 8. The van der Waals surface area contributed by atoms with Crippen molar-refractivity contribution in [3.05, 3.63) is 11.6 Å². The Labute approximate surface area is 175 Å². The van der Waals surface area contributed by atoms with Crippen molar-refractivity contribution in [2.75, 3.05) is 13.2 Å². The van der Waals surface area contributed by atoms with Crippen LogP contribution in [-0.4, -0.2) is 24.3 Å². The monoisotopic (exact) mass is 399 g/mol. The summed E-state index contributed by atoms with van der Waals surface area (Å²) >= 11 is 0. The lowest BCUT2D eigenvalue weighted by atomic mass is 9.43. The molecule has 4 heteroatoms. The number of ether oxygens (including phenoxy) is 1. The maximum absolute atomic E-state index is 13.2. The molecule has 0 spiro atoms. The summed E-state index contributed by atoms with van der Waals surface area (Å²) < 4.78 is 6.25. The Morgan fingerprint density at radius 2 is 2.10 bits per heavy atom. The molecular formula is C25H37NO3. The highest BCUT2D eigenvalue weighted by atomic mass is 16.5. The van der Waals surface area contributed by atoms with Gasteiger partial charge in [0, 0.05) is 12.0 Å². The summed E-state index contributed by atoms with van der Waals surface area (Å²) in [6.07, 6.45) is 9.29. The standard InChI is InChI=1S/C25H37NO3/c1-5-6-7-10-29-15-24-13-19-17(4)8-9-20(19)23(14-26)12-18(24)11-21(16(2)3)25(23,24)22(27)28/h11,16-20H,5-10,12-13,15H2,1-4H3,(H,27,28)/t17-,18+,19-,20-,23+,24+,25+/m0/s1. The number of hydrogen-bond donors (Lipinski definition) is 1. The van der Waals surface area contributed by atoms with E-state index in [-0.39, 0.29) is 17.8 Å². The minimum atomic E-state index is -1.08. The van der Waals surface area contributed by atoms with E-state index in [1.54, 1.807) is 0 Å². The Morgan fingerprint density at radius 3 is 2.72 bits per heavy atom. The quantitative estimate of drug-likeness (QED) is 0.436. The van der Waals surface area contributed by atoms with Crippen LogP contribution < -0.4 is 0 Å². The average molecular weight is 400 g/mol. The highest BCUT2D eigenvalue weighted by Crippen LogP contribution is 2.83. The molecule has 0 aromatic rings. The van der Waals surface area contributed by atoms with Gasteiger partial charge in [0.15, 0.2) is 0 Å². The van der Waals surface area contributed by atoms with E-state index < -0.39 is 22.2 Å². The second-order valence-corrected chi connectivity index (χ2v) is 10.7. The molecule has 0 unspecified atom stereocenters. The zero-order chi connectivity index (χ0) is 21.0. The molecule has 29 heavy (non-hydrogen) atoms. The van der Waals surface area contributed by atoms with Gasteiger partial charge >= 0.3 is 5.97 Å². The molecule has 0 heterocycles. The minimum absolute atomic E-state index is 0.138. The molecule has 4 aliphatic rings. The molecule has 4 nitrogen and oxygen atoms in total. The lowest BCUT2D eigenvalue weighted by Gasteiger charge is -2.57. The van der Waals surface area contributed by atoms with E-state index >= 15 is 0 Å². The fourth-order valence-corrected chi connectivity index (χ4v) is 8.25. The van der Waals surface area contributed by atoms with Gasteiger partial charge in [-0.3, -0.25) is 4.79 Å². The number of carbonyl (C=O) groups is 1. The number of allylic oxidation sites excluding steroid dienone is 1. The van der Waals surface area contributed by atoms with E-state index in [2.05, 4.69) is 39.8 Å². The Kier molecular flexibility index (Phi) is 5.13. The zero-order valence-electron chi connectivity index (χ0n) is 18.5. The highest BCUT2D eigenvalue weighted by molar-refractivity contribution is 5.85. The predicted octanol–water partition coefficient (Wildman–Crippen LogP) is 5.44. The van der Waals surface area contributed by atoms with E-state index in [0.717, 1.165) is 44.1 Å². The third-order valence-corrected chi connectivity index (χ3v) is 9.29. The van der Waals surface area contributed by atoms with Gasteiger partial charge in [-0.1, -0.05) is 58.6 Å². The molecule has 4 rings (SSSR count). The number of nitrogens with zero attached hydrogens (tertiary/aromatic N) is 1. The largest absolute Gasteiger partial charge is 0.481 e. The van der Waals surface area contributed by atoms with Crippen LogP contribution in [0.5, 0.6) is 0 Å². The summed E-state index contributed by atoms with van der Waals surface area (Å²) in [5, 5.41) is 21.5. The van der Waals surface area contributed by atoms with Crippen LogP contribution in [0, 0.1) is 57.2 Å². The van der Waals surface area contributed by atoms with Crippen LogP contribution >= 0.6 is 0 Å². The maximum Gasteiger partial charge on any atom is 0.316 e. The molecule has 0 aromatic carbocycles. The van der Waals surface area contributed by atoms with E-state index in [4.69, 9.17) is 4.74 Å².